The van der Waals surface area contributed by atoms with Gasteiger partial charge in [-0.1, -0.05) is 54.6 Å². The Labute approximate surface area is 196 Å². The van der Waals surface area contributed by atoms with Gasteiger partial charge in [-0.05, 0) is 70.1 Å². The van der Waals surface area contributed by atoms with Crippen molar-refractivity contribution in [2.24, 2.45) is 0 Å². The smallest absolute Gasteiger partial charge is 0.0880 e. The van der Waals surface area contributed by atoms with Gasteiger partial charge in [0.2, 0.25) is 0 Å². The van der Waals surface area contributed by atoms with Crippen LogP contribution in [0.3, 0.4) is 0 Å². The van der Waals surface area contributed by atoms with Crippen LogP contribution in [-0.2, 0) is 12.8 Å². The summed E-state index contributed by atoms with van der Waals surface area (Å²) in [5.41, 5.74) is 8.79. The summed E-state index contributed by atoms with van der Waals surface area (Å²) in [7, 11) is 0. The van der Waals surface area contributed by atoms with Crippen molar-refractivity contribution in [3.05, 3.63) is 108 Å². The first-order valence-electron chi connectivity index (χ1n) is 11.3. The van der Waals surface area contributed by atoms with Gasteiger partial charge in [0.1, 0.15) is 0 Å². The Morgan fingerprint density at radius 1 is 0.697 bits per heavy atom. The van der Waals surface area contributed by atoms with Crippen molar-refractivity contribution in [2.75, 3.05) is 0 Å². The predicted octanol–water partition coefficient (Wildman–Crippen LogP) is 7.94. The van der Waals surface area contributed by atoms with Gasteiger partial charge in [0.15, 0.2) is 0 Å². The van der Waals surface area contributed by atoms with Crippen LogP contribution in [-0.4, -0.2) is 9.97 Å². The number of thiophene rings is 1. The van der Waals surface area contributed by atoms with Gasteiger partial charge in [-0.25, -0.2) is 0 Å². The fourth-order valence-corrected chi connectivity index (χ4v) is 6.49. The lowest BCUT2D eigenvalue weighted by Crippen LogP contribution is -2.01. The highest BCUT2D eigenvalue weighted by atomic mass is 32.1. The molecule has 3 aromatic carbocycles. The molecule has 3 aromatic heterocycles. The molecule has 3 heteroatoms. The van der Waals surface area contributed by atoms with E-state index in [1.165, 1.54) is 59.1 Å². The topological polar surface area (TPSA) is 25.8 Å². The van der Waals surface area contributed by atoms with Crippen molar-refractivity contribution < 1.29 is 0 Å². The van der Waals surface area contributed by atoms with Gasteiger partial charge in [-0.2, -0.15) is 0 Å². The Balaban J connectivity index is 1.51. The quantitative estimate of drug-likeness (QED) is 0.273. The van der Waals surface area contributed by atoms with Crippen LogP contribution in [0.15, 0.2) is 97.5 Å². The van der Waals surface area contributed by atoms with Crippen molar-refractivity contribution >= 4 is 32.2 Å². The molecule has 0 bridgehead atoms. The summed E-state index contributed by atoms with van der Waals surface area (Å²) in [4.78, 5) is 10.7. The molecule has 0 aliphatic heterocycles. The van der Waals surface area contributed by atoms with Crippen LogP contribution in [0.5, 0.6) is 0 Å². The Morgan fingerprint density at radius 2 is 1.58 bits per heavy atom. The minimum Gasteiger partial charge on any atom is -0.264 e. The van der Waals surface area contributed by atoms with E-state index in [0.717, 1.165) is 18.5 Å². The monoisotopic (exact) mass is 440 g/mol. The van der Waals surface area contributed by atoms with E-state index in [4.69, 9.17) is 4.98 Å². The summed E-state index contributed by atoms with van der Waals surface area (Å²) in [5.74, 6) is 0. The third kappa shape index (κ3) is 2.93. The van der Waals surface area contributed by atoms with Gasteiger partial charge in [-0.15, -0.1) is 11.3 Å². The molecule has 0 N–H and O–H groups in total. The number of aryl methyl sites for hydroxylation is 2. The molecule has 3 heterocycles. The lowest BCUT2D eigenvalue weighted by Gasteiger charge is -2.15. The van der Waals surface area contributed by atoms with Crippen LogP contribution in [0, 0.1) is 0 Å². The third-order valence-electron chi connectivity index (χ3n) is 6.69. The SMILES string of the molecule is c1ccc(-c2cc(-c3nccc4c5c(sc34)CCc3cnccc3-5)cc3ccccc23)cc1. The second kappa shape index (κ2) is 7.36. The van der Waals surface area contributed by atoms with Crippen molar-refractivity contribution in [1.29, 1.82) is 0 Å². The normalized spacial score (nSPS) is 12.6. The number of hydrogen-bond donors (Lipinski definition) is 0. The molecule has 33 heavy (non-hydrogen) atoms. The molecule has 1 aliphatic carbocycles. The molecule has 0 unspecified atom stereocenters. The Morgan fingerprint density at radius 3 is 2.52 bits per heavy atom. The lowest BCUT2D eigenvalue weighted by atomic mass is 9.90. The van der Waals surface area contributed by atoms with Crippen LogP contribution in [0.2, 0.25) is 0 Å². The maximum absolute atomic E-state index is 4.92. The summed E-state index contributed by atoms with van der Waals surface area (Å²) in [5, 5.41) is 3.82. The predicted molar refractivity (Wildman–Crippen MR) is 139 cm³/mol. The van der Waals surface area contributed by atoms with Gasteiger partial charge >= 0.3 is 0 Å². The second-order valence-electron chi connectivity index (χ2n) is 8.58. The van der Waals surface area contributed by atoms with E-state index in [1.54, 1.807) is 0 Å². The van der Waals surface area contributed by atoms with Gasteiger partial charge in [0.25, 0.3) is 0 Å². The van der Waals surface area contributed by atoms with Gasteiger partial charge in [0.05, 0.1) is 10.4 Å². The molecular formula is C30H20N2S. The van der Waals surface area contributed by atoms with Crippen molar-refractivity contribution in [3.8, 4) is 33.5 Å². The number of pyridine rings is 2. The first-order chi connectivity index (χ1) is 16.4. The maximum Gasteiger partial charge on any atom is 0.0880 e. The molecule has 0 fully saturated rings. The molecule has 0 saturated carbocycles. The summed E-state index contributed by atoms with van der Waals surface area (Å²) in [6.45, 7) is 0. The molecule has 1 aliphatic rings. The fraction of sp³-hybridized carbons (Fsp3) is 0.0667. The summed E-state index contributed by atoms with van der Waals surface area (Å²) >= 11 is 1.91. The molecular weight excluding hydrogens is 420 g/mol. The highest BCUT2D eigenvalue weighted by Crippen LogP contribution is 2.46. The molecule has 0 amide bonds. The first-order valence-corrected chi connectivity index (χ1v) is 12.1. The van der Waals surface area contributed by atoms with Crippen molar-refractivity contribution in [1.82, 2.24) is 9.97 Å². The number of hydrogen-bond acceptors (Lipinski definition) is 3. The molecule has 0 saturated heterocycles. The molecule has 7 rings (SSSR count). The maximum atomic E-state index is 4.92. The van der Waals surface area contributed by atoms with Crippen LogP contribution in [0.25, 0.3) is 54.4 Å². The Bertz CT molecular complexity index is 1660. The fourth-order valence-electron chi connectivity index (χ4n) is 5.17. The third-order valence-corrected chi connectivity index (χ3v) is 7.96. The minimum absolute atomic E-state index is 1.06. The standard InChI is InChI=1S/C30H20N2S/c1-2-6-19(7-3-1)26-17-22(16-20-8-4-5-9-23(20)26)29-30-25(13-15-32-29)28-24-12-14-31-18-21(24)10-11-27(28)33-30/h1-9,12-18H,10-11H2. The molecule has 0 atom stereocenters. The van der Waals surface area contributed by atoms with Crippen molar-refractivity contribution in [2.45, 2.75) is 12.8 Å². The van der Waals surface area contributed by atoms with E-state index in [2.05, 4.69) is 83.8 Å². The molecule has 0 spiro atoms. The van der Waals surface area contributed by atoms with E-state index in [9.17, 15) is 0 Å². The number of fused-ring (bicyclic) bond motifs is 6. The zero-order chi connectivity index (χ0) is 21.8. The van der Waals surface area contributed by atoms with Gasteiger partial charge < -0.3 is 0 Å². The summed E-state index contributed by atoms with van der Waals surface area (Å²) in [6, 6.07) is 28.3. The van der Waals surface area contributed by atoms with E-state index < -0.39 is 0 Å². The second-order valence-corrected chi connectivity index (χ2v) is 9.69. The Hall–Kier alpha value is -3.82. The highest BCUT2D eigenvalue weighted by Gasteiger charge is 2.23. The number of rotatable bonds is 2. The van der Waals surface area contributed by atoms with Gasteiger partial charge in [-0.3, -0.25) is 9.97 Å². The van der Waals surface area contributed by atoms with Gasteiger partial charge in [0, 0.05) is 40.0 Å². The number of nitrogens with zero attached hydrogens (tertiary/aromatic N) is 2. The highest BCUT2D eigenvalue weighted by molar-refractivity contribution is 7.20. The first kappa shape index (κ1) is 18.7. The molecule has 2 nitrogen and oxygen atoms in total. The van der Waals surface area contributed by atoms with E-state index in [0.29, 0.717) is 0 Å². The van der Waals surface area contributed by atoms with Crippen LogP contribution >= 0.6 is 11.3 Å². The van der Waals surface area contributed by atoms with E-state index >= 15 is 0 Å². The Kier molecular flexibility index (Phi) is 4.18. The number of aromatic nitrogens is 2. The van der Waals surface area contributed by atoms with E-state index in [1.807, 2.05) is 29.9 Å². The lowest BCUT2D eigenvalue weighted by molar-refractivity contribution is 0.953. The number of benzene rings is 3. The molecule has 156 valence electrons. The van der Waals surface area contributed by atoms with Crippen LogP contribution < -0.4 is 0 Å². The average molecular weight is 441 g/mol. The van der Waals surface area contributed by atoms with Crippen molar-refractivity contribution in [3.63, 3.8) is 0 Å². The minimum atomic E-state index is 1.06. The van der Waals surface area contributed by atoms with E-state index in [-0.39, 0.29) is 0 Å². The molecule has 0 radical (unpaired) electrons. The zero-order valence-corrected chi connectivity index (χ0v) is 18.8. The summed E-state index contributed by atoms with van der Waals surface area (Å²) < 4.78 is 1.28. The molecule has 6 aromatic rings. The van der Waals surface area contributed by atoms with Crippen LogP contribution in [0.4, 0.5) is 0 Å². The average Bonchev–Trinajstić information content (AvgIpc) is 3.28. The van der Waals surface area contributed by atoms with Crippen LogP contribution in [0.1, 0.15) is 10.4 Å². The largest absolute Gasteiger partial charge is 0.264 e. The summed E-state index contributed by atoms with van der Waals surface area (Å²) in [6.07, 6.45) is 8.03. The zero-order valence-electron chi connectivity index (χ0n) is 18.0.